The maximum atomic E-state index is 12.1. The van der Waals surface area contributed by atoms with Gasteiger partial charge < -0.3 is 15.5 Å². The Morgan fingerprint density at radius 3 is 2.52 bits per heavy atom. The average Bonchev–Trinajstić information content (AvgIpc) is 2.49. The van der Waals surface area contributed by atoms with Crippen LogP contribution in [0.1, 0.15) is 26.3 Å². The van der Waals surface area contributed by atoms with E-state index in [0.29, 0.717) is 5.56 Å². The van der Waals surface area contributed by atoms with Crippen LogP contribution in [0.5, 0.6) is 5.75 Å². The van der Waals surface area contributed by atoms with Gasteiger partial charge in [-0.15, -0.1) is 11.6 Å². The molecule has 0 fully saturated rings. The molecular weight excluding hydrogens is 294 g/mol. The number of hydrogen-bond donors (Lipinski definition) is 3. The first-order valence-electron chi connectivity index (χ1n) is 6.04. The van der Waals surface area contributed by atoms with Gasteiger partial charge in [-0.2, -0.15) is 0 Å². The molecule has 0 aliphatic carbocycles. The Hall–Kier alpha value is -2.53. The molecule has 0 unspecified atom stereocenters. The molecule has 3 N–H and O–H groups in total. The number of carboxylic acids is 1. The first-order chi connectivity index (χ1) is 10.0. The van der Waals surface area contributed by atoms with Crippen molar-refractivity contribution in [3.63, 3.8) is 0 Å². The summed E-state index contributed by atoms with van der Waals surface area (Å²) in [5.41, 5.74) is 1.16. The second kappa shape index (κ2) is 6.28. The van der Waals surface area contributed by atoms with E-state index in [2.05, 4.69) is 5.32 Å². The zero-order valence-corrected chi connectivity index (χ0v) is 11.6. The van der Waals surface area contributed by atoms with Crippen LogP contribution >= 0.6 is 11.6 Å². The maximum Gasteiger partial charge on any atom is 0.335 e. The molecule has 0 aromatic heterocycles. The Morgan fingerprint density at radius 2 is 1.86 bits per heavy atom. The van der Waals surface area contributed by atoms with E-state index in [9.17, 15) is 14.7 Å². The molecule has 2 aromatic carbocycles. The van der Waals surface area contributed by atoms with E-state index in [1.54, 1.807) is 24.3 Å². The van der Waals surface area contributed by atoms with Crippen LogP contribution in [0.4, 0.5) is 5.69 Å². The number of halogens is 1. The Kier molecular flexibility index (Phi) is 4.45. The van der Waals surface area contributed by atoms with Crippen LogP contribution in [0.2, 0.25) is 0 Å². The number of anilines is 1. The third-order valence-corrected chi connectivity index (χ3v) is 3.14. The number of benzene rings is 2. The van der Waals surface area contributed by atoms with Crippen LogP contribution in [-0.2, 0) is 5.88 Å². The molecule has 0 bridgehead atoms. The van der Waals surface area contributed by atoms with Gasteiger partial charge in [0.15, 0.2) is 0 Å². The minimum Gasteiger partial charge on any atom is -0.506 e. The predicted molar refractivity (Wildman–Crippen MR) is 79.0 cm³/mol. The SMILES string of the molecule is O=C(O)c1ccc(O)c(NC(=O)c2cccc(CCl)c2)c1. The van der Waals surface area contributed by atoms with Crippen molar-refractivity contribution in [2.75, 3.05) is 5.32 Å². The lowest BCUT2D eigenvalue weighted by molar-refractivity contribution is 0.0696. The fourth-order valence-corrected chi connectivity index (χ4v) is 1.93. The second-order valence-corrected chi connectivity index (χ2v) is 4.59. The smallest absolute Gasteiger partial charge is 0.335 e. The van der Waals surface area contributed by atoms with Gasteiger partial charge in [-0.3, -0.25) is 4.79 Å². The van der Waals surface area contributed by atoms with Crippen molar-refractivity contribution in [1.29, 1.82) is 0 Å². The Labute approximate surface area is 125 Å². The highest BCUT2D eigenvalue weighted by Gasteiger charge is 2.12. The van der Waals surface area contributed by atoms with Crippen LogP contribution in [0.3, 0.4) is 0 Å². The van der Waals surface area contributed by atoms with Crippen LogP contribution in [-0.4, -0.2) is 22.1 Å². The number of hydrogen-bond acceptors (Lipinski definition) is 3. The number of aromatic carboxylic acids is 1. The average molecular weight is 306 g/mol. The Morgan fingerprint density at radius 1 is 1.10 bits per heavy atom. The van der Waals surface area contributed by atoms with E-state index in [1.807, 2.05) is 0 Å². The van der Waals surface area contributed by atoms with Crippen molar-refractivity contribution in [2.45, 2.75) is 5.88 Å². The molecule has 2 rings (SSSR count). The number of alkyl halides is 1. The molecular formula is C15H12ClNO4. The highest BCUT2D eigenvalue weighted by atomic mass is 35.5. The van der Waals surface area contributed by atoms with Crippen LogP contribution < -0.4 is 5.32 Å². The minimum absolute atomic E-state index is 0.0300. The number of phenols is 1. The summed E-state index contributed by atoms with van der Waals surface area (Å²) in [7, 11) is 0. The number of carbonyl (C=O) groups is 2. The summed E-state index contributed by atoms with van der Waals surface area (Å²) >= 11 is 5.71. The first kappa shape index (κ1) is 14.9. The zero-order valence-electron chi connectivity index (χ0n) is 10.8. The lowest BCUT2D eigenvalue weighted by Crippen LogP contribution is -2.12. The quantitative estimate of drug-likeness (QED) is 0.598. The monoisotopic (exact) mass is 305 g/mol. The van der Waals surface area contributed by atoms with E-state index in [-0.39, 0.29) is 22.9 Å². The molecule has 0 spiro atoms. The summed E-state index contributed by atoms with van der Waals surface area (Å²) < 4.78 is 0. The zero-order chi connectivity index (χ0) is 15.4. The molecule has 108 valence electrons. The fourth-order valence-electron chi connectivity index (χ4n) is 1.76. The normalized spacial score (nSPS) is 10.1. The van der Waals surface area contributed by atoms with Crippen LogP contribution in [0.25, 0.3) is 0 Å². The molecule has 21 heavy (non-hydrogen) atoms. The topological polar surface area (TPSA) is 86.6 Å². The number of amides is 1. The first-order valence-corrected chi connectivity index (χ1v) is 6.57. The predicted octanol–water partition coefficient (Wildman–Crippen LogP) is 3.08. The molecule has 0 atom stereocenters. The number of carboxylic acid groups (broad SMARTS) is 1. The number of rotatable bonds is 4. The van der Waals surface area contributed by atoms with Gasteiger partial charge in [0.1, 0.15) is 5.75 Å². The molecule has 0 aliphatic rings. The summed E-state index contributed by atoms with van der Waals surface area (Å²) in [5, 5.41) is 21.1. The number of phenolic OH excluding ortho intramolecular Hbond substituents is 1. The summed E-state index contributed by atoms with van der Waals surface area (Å²) in [6.07, 6.45) is 0. The Bertz CT molecular complexity index is 700. The van der Waals surface area contributed by atoms with Gasteiger partial charge in [0, 0.05) is 11.4 Å². The van der Waals surface area contributed by atoms with Gasteiger partial charge in [-0.1, -0.05) is 12.1 Å². The van der Waals surface area contributed by atoms with Gasteiger partial charge in [-0.05, 0) is 35.9 Å². The molecule has 0 saturated carbocycles. The van der Waals surface area contributed by atoms with Gasteiger partial charge in [0.25, 0.3) is 5.91 Å². The maximum absolute atomic E-state index is 12.1. The molecule has 0 aliphatic heterocycles. The molecule has 5 nitrogen and oxygen atoms in total. The molecule has 2 aromatic rings. The lowest BCUT2D eigenvalue weighted by atomic mass is 10.1. The largest absolute Gasteiger partial charge is 0.506 e. The van der Waals surface area contributed by atoms with Gasteiger partial charge in [-0.25, -0.2) is 4.79 Å². The summed E-state index contributed by atoms with van der Waals surface area (Å²) in [5.74, 6) is -1.53. The van der Waals surface area contributed by atoms with Gasteiger partial charge in [0.05, 0.1) is 11.3 Å². The Balaban J connectivity index is 2.26. The molecule has 0 heterocycles. The van der Waals surface area contributed by atoms with Crippen molar-refractivity contribution in [1.82, 2.24) is 0 Å². The van der Waals surface area contributed by atoms with E-state index in [0.717, 1.165) is 5.56 Å². The number of nitrogens with one attached hydrogen (secondary N) is 1. The van der Waals surface area contributed by atoms with Crippen LogP contribution in [0, 0.1) is 0 Å². The van der Waals surface area contributed by atoms with E-state index < -0.39 is 11.9 Å². The lowest BCUT2D eigenvalue weighted by Gasteiger charge is -2.09. The van der Waals surface area contributed by atoms with E-state index in [4.69, 9.17) is 16.7 Å². The van der Waals surface area contributed by atoms with Crippen molar-refractivity contribution in [3.05, 3.63) is 59.2 Å². The highest BCUT2D eigenvalue weighted by molar-refractivity contribution is 6.17. The number of aromatic hydroxyl groups is 1. The number of carbonyl (C=O) groups excluding carboxylic acids is 1. The van der Waals surface area contributed by atoms with Gasteiger partial charge in [0.2, 0.25) is 0 Å². The fraction of sp³-hybridized carbons (Fsp3) is 0.0667. The summed E-state index contributed by atoms with van der Waals surface area (Å²) in [6, 6.07) is 10.4. The van der Waals surface area contributed by atoms with E-state index in [1.165, 1.54) is 18.2 Å². The van der Waals surface area contributed by atoms with Crippen molar-refractivity contribution >= 4 is 29.2 Å². The van der Waals surface area contributed by atoms with Crippen molar-refractivity contribution in [3.8, 4) is 5.75 Å². The minimum atomic E-state index is -1.14. The molecule has 0 radical (unpaired) electrons. The highest BCUT2D eigenvalue weighted by Crippen LogP contribution is 2.25. The molecule has 1 amide bonds. The second-order valence-electron chi connectivity index (χ2n) is 4.33. The summed E-state index contributed by atoms with van der Waals surface area (Å²) in [6.45, 7) is 0. The van der Waals surface area contributed by atoms with E-state index >= 15 is 0 Å². The molecule has 0 saturated heterocycles. The van der Waals surface area contributed by atoms with Crippen molar-refractivity contribution in [2.24, 2.45) is 0 Å². The standard InChI is InChI=1S/C15H12ClNO4/c16-8-9-2-1-3-10(6-9)14(19)17-12-7-11(15(20)21)4-5-13(12)18/h1-7,18H,8H2,(H,17,19)(H,20,21). The third-order valence-electron chi connectivity index (χ3n) is 2.84. The third kappa shape index (κ3) is 3.52. The van der Waals surface area contributed by atoms with Gasteiger partial charge >= 0.3 is 5.97 Å². The van der Waals surface area contributed by atoms with Crippen LogP contribution in [0.15, 0.2) is 42.5 Å². The van der Waals surface area contributed by atoms with Crippen molar-refractivity contribution < 1.29 is 19.8 Å². The molecule has 6 heteroatoms. The summed E-state index contributed by atoms with van der Waals surface area (Å²) in [4.78, 5) is 23.0.